The third kappa shape index (κ3) is 2.54. The van der Waals surface area contributed by atoms with Gasteiger partial charge in [-0.1, -0.05) is 42.5 Å². The van der Waals surface area contributed by atoms with E-state index in [9.17, 15) is 14.7 Å². The van der Waals surface area contributed by atoms with Gasteiger partial charge in [-0.2, -0.15) is 0 Å². The normalized spacial score (nSPS) is 27.8. The minimum absolute atomic E-state index is 0.0469. The molecular weight excluding hydrogens is 334 g/mol. The summed E-state index contributed by atoms with van der Waals surface area (Å²) >= 11 is 0. The summed E-state index contributed by atoms with van der Waals surface area (Å²) in [5.74, 6) is -3.44. The average Bonchev–Trinajstić information content (AvgIpc) is 3.43. The van der Waals surface area contributed by atoms with Gasteiger partial charge in [0.05, 0.1) is 12.2 Å². The van der Waals surface area contributed by atoms with E-state index in [4.69, 9.17) is 15.6 Å². The first-order chi connectivity index (χ1) is 12.4. The summed E-state index contributed by atoms with van der Waals surface area (Å²) in [5, 5.41) is 20.9. The van der Waals surface area contributed by atoms with Crippen LogP contribution in [0.4, 0.5) is 0 Å². The molecule has 0 saturated heterocycles. The summed E-state index contributed by atoms with van der Waals surface area (Å²) in [4.78, 5) is 23.1. The van der Waals surface area contributed by atoms with Gasteiger partial charge in [0.25, 0.3) is 0 Å². The third-order valence-electron chi connectivity index (χ3n) is 5.47. The number of fused-ring (bicyclic) bond motifs is 2. The standard InChI is InChI=1S/C20H19NO5/c21-20(19(24)25,16-8-15(16)18(22)23)9-11-5-3-7-14-13-6-2-1-4-12(13)10-26-17(11)14/h1-7,10,15-17H,8-9,21H2,(H,22,23)(H,24,25). The molecule has 1 fully saturated rings. The van der Waals surface area contributed by atoms with Crippen LogP contribution in [0, 0.1) is 11.8 Å². The van der Waals surface area contributed by atoms with Gasteiger partial charge >= 0.3 is 11.9 Å². The molecule has 1 aromatic carbocycles. The quantitative estimate of drug-likeness (QED) is 0.705. The Labute approximate surface area is 149 Å². The maximum Gasteiger partial charge on any atom is 0.324 e. The fraction of sp³-hybridized carbons (Fsp3) is 0.300. The van der Waals surface area contributed by atoms with Crippen molar-refractivity contribution in [3.63, 3.8) is 0 Å². The van der Waals surface area contributed by atoms with Crippen LogP contribution in [0.15, 0.2) is 48.1 Å². The van der Waals surface area contributed by atoms with Crippen molar-refractivity contribution in [2.75, 3.05) is 0 Å². The van der Waals surface area contributed by atoms with Gasteiger partial charge in [0.2, 0.25) is 0 Å². The Balaban J connectivity index is 1.68. The SMILES string of the molecule is NC(CC1=CC=CC2=c3ccccc3=COC12)(C(=O)O)C1CC1C(=O)O. The van der Waals surface area contributed by atoms with E-state index >= 15 is 0 Å². The van der Waals surface area contributed by atoms with Crippen molar-refractivity contribution >= 4 is 23.8 Å². The van der Waals surface area contributed by atoms with E-state index in [1.54, 1.807) is 6.26 Å². The lowest BCUT2D eigenvalue weighted by Gasteiger charge is -2.32. The van der Waals surface area contributed by atoms with Crippen molar-refractivity contribution in [2.45, 2.75) is 24.5 Å². The fourth-order valence-electron chi connectivity index (χ4n) is 3.94. The van der Waals surface area contributed by atoms with E-state index < -0.39 is 35.4 Å². The second-order valence-corrected chi connectivity index (χ2v) is 7.09. The fourth-order valence-corrected chi connectivity index (χ4v) is 3.94. The minimum Gasteiger partial charge on any atom is -0.488 e. The number of allylic oxidation sites excluding steroid dienone is 2. The number of hydrogen-bond donors (Lipinski definition) is 3. The first-order valence-corrected chi connectivity index (χ1v) is 8.49. The molecular formula is C20H19NO5. The summed E-state index contributed by atoms with van der Waals surface area (Å²) in [6, 6.07) is 7.83. The van der Waals surface area contributed by atoms with Crippen LogP contribution in [0.1, 0.15) is 12.8 Å². The van der Waals surface area contributed by atoms with E-state index in [1.165, 1.54) is 0 Å². The molecule has 134 valence electrons. The zero-order valence-electron chi connectivity index (χ0n) is 14.0. The topological polar surface area (TPSA) is 110 Å². The number of hydrogen-bond acceptors (Lipinski definition) is 4. The smallest absolute Gasteiger partial charge is 0.324 e. The summed E-state index contributed by atoms with van der Waals surface area (Å²) in [6.45, 7) is 0. The molecule has 6 heteroatoms. The number of ether oxygens (including phenoxy) is 1. The number of carbonyl (C=O) groups is 2. The predicted octanol–water partition coefficient (Wildman–Crippen LogP) is 0.363. The van der Waals surface area contributed by atoms with Crippen LogP contribution in [-0.2, 0) is 14.3 Å². The number of rotatable bonds is 5. The number of aliphatic carboxylic acids is 2. The molecule has 0 spiro atoms. The van der Waals surface area contributed by atoms with E-state index in [1.807, 2.05) is 42.5 Å². The Morgan fingerprint density at radius 2 is 2.04 bits per heavy atom. The highest BCUT2D eigenvalue weighted by Crippen LogP contribution is 2.48. The minimum atomic E-state index is -1.62. The Morgan fingerprint density at radius 3 is 2.73 bits per heavy atom. The molecule has 0 aromatic heterocycles. The van der Waals surface area contributed by atoms with Crippen molar-refractivity contribution in [1.82, 2.24) is 0 Å². The average molecular weight is 353 g/mol. The van der Waals surface area contributed by atoms with Crippen molar-refractivity contribution in [3.05, 3.63) is 58.5 Å². The Morgan fingerprint density at radius 1 is 1.27 bits per heavy atom. The molecule has 0 amide bonds. The number of carboxylic acids is 2. The predicted molar refractivity (Wildman–Crippen MR) is 94.1 cm³/mol. The molecule has 1 aromatic rings. The van der Waals surface area contributed by atoms with Crippen LogP contribution in [0.3, 0.4) is 0 Å². The highest BCUT2D eigenvalue weighted by molar-refractivity contribution is 5.84. The number of carboxylic acid groups (broad SMARTS) is 2. The molecule has 4 rings (SSSR count). The molecule has 26 heavy (non-hydrogen) atoms. The lowest BCUT2D eigenvalue weighted by atomic mass is 9.80. The molecule has 1 aliphatic heterocycles. The maximum absolute atomic E-state index is 11.9. The zero-order valence-corrected chi connectivity index (χ0v) is 14.0. The first-order valence-electron chi connectivity index (χ1n) is 8.49. The highest BCUT2D eigenvalue weighted by atomic mass is 16.5. The summed E-state index contributed by atoms with van der Waals surface area (Å²) in [5.41, 5.74) is 6.30. The summed E-state index contributed by atoms with van der Waals surface area (Å²) < 4.78 is 5.87. The Kier molecular flexibility index (Phi) is 3.73. The Bertz CT molecular complexity index is 976. The largest absolute Gasteiger partial charge is 0.488 e. The molecule has 6 nitrogen and oxygen atoms in total. The molecule has 1 heterocycles. The molecule has 0 radical (unpaired) electrons. The molecule has 2 aliphatic carbocycles. The van der Waals surface area contributed by atoms with Gasteiger partial charge in [0.15, 0.2) is 0 Å². The summed E-state index contributed by atoms with van der Waals surface area (Å²) in [6.07, 6.45) is 7.24. The lowest BCUT2D eigenvalue weighted by molar-refractivity contribution is -0.145. The van der Waals surface area contributed by atoms with Gasteiger partial charge in [-0.05, 0) is 17.2 Å². The van der Waals surface area contributed by atoms with Gasteiger partial charge in [-0.25, -0.2) is 0 Å². The van der Waals surface area contributed by atoms with Crippen LogP contribution >= 0.6 is 0 Å². The van der Waals surface area contributed by atoms with Gasteiger partial charge in [0, 0.05) is 23.1 Å². The molecule has 0 bridgehead atoms. The van der Waals surface area contributed by atoms with Gasteiger partial charge in [0.1, 0.15) is 11.6 Å². The second-order valence-electron chi connectivity index (χ2n) is 7.09. The number of nitrogens with two attached hydrogens (primary N) is 1. The monoisotopic (exact) mass is 353 g/mol. The van der Waals surface area contributed by atoms with Crippen molar-refractivity contribution in [3.8, 4) is 0 Å². The van der Waals surface area contributed by atoms with Gasteiger partial charge < -0.3 is 20.7 Å². The number of benzene rings is 1. The van der Waals surface area contributed by atoms with Crippen LogP contribution in [-0.4, -0.2) is 33.8 Å². The van der Waals surface area contributed by atoms with Crippen molar-refractivity contribution in [2.24, 2.45) is 17.6 Å². The molecule has 1 saturated carbocycles. The van der Waals surface area contributed by atoms with Crippen molar-refractivity contribution in [1.29, 1.82) is 0 Å². The van der Waals surface area contributed by atoms with Crippen LogP contribution in [0.5, 0.6) is 0 Å². The van der Waals surface area contributed by atoms with Gasteiger partial charge in [-0.15, -0.1) is 0 Å². The highest BCUT2D eigenvalue weighted by Gasteiger charge is 2.58. The summed E-state index contributed by atoms with van der Waals surface area (Å²) in [7, 11) is 0. The molecule has 4 N–H and O–H groups in total. The Hall–Kier alpha value is -2.86. The van der Waals surface area contributed by atoms with Crippen LogP contribution < -0.4 is 16.2 Å². The van der Waals surface area contributed by atoms with E-state index in [-0.39, 0.29) is 12.8 Å². The van der Waals surface area contributed by atoms with E-state index in [0.29, 0.717) is 0 Å². The van der Waals surface area contributed by atoms with Crippen molar-refractivity contribution < 1.29 is 24.5 Å². The van der Waals surface area contributed by atoms with Crippen LogP contribution in [0.25, 0.3) is 11.8 Å². The first kappa shape index (κ1) is 16.6. The second kappa shape index (κ2) is 5.85. The van der Waals surface area contributed by atoms with Crippen LogP contribution in [0.2, 0.25) is 0 Å². The zero-order chi connectivity index (χ0) is 18.5. The van der Waals surface area contributed by atoms with E-state index in [0.717, 1.165) is 21.6 Å². The lowest BCUT2D eigenvalue weighted by Crippen LogP contribution is -2.52. The maximum atomic E-state index is 11.9. The van der Waals surface area contributed by atoms with Gasteiger partial charge in [-0.3, -0.25) is 9.59 Å². The molecule has 4 unspecified atom stereocenters. The molecule has 3 aliphatic rings. The van der Waals surface area contributed by atoms with E-state index in [2.05, 4.69) is 0 Å². The molecule has 4 atom stereocenters. The third-order valence-corrected chi connectivity index (χ3v) is 5.47.